The molecular formula is C14H31NO. The minimum Gasteiger partial charge on any atom is -0.395 e. The van der Waals surface area contributed by atoms with Crippen LogP contribution in [0.15, 0.2) is 0 Å². The number of hydrogen-bond donors (Lipinski definition) is 2. The maximum atomic E-state index is 8.99. The highest BCUT2D eigenvalue weighted by Crippen LogP contribution is 2.07. The standard InChI is InChI=1S/C14H31NO/c1-3-5-6-7-8-9-10-11-12-15-14(4-2)13-16/h14-16H,3-13H2,1-2H3/t14-/m0/s1. The van der Waals surface area contributed by atoms with Crippen molar-refractivity contribution in [3.8, 4) is 0 Å². The molecule has 0 unspecified atom stereocenters. The van der Waals surface area contributed by atoms with E-state index in [9.17, 15) is 0 Å². The van der Waals surface area contributed by atoms with Crippen LogP contribution in [0.25, 0.3) is 0 Å². The van der Waals surface area contributed by atoms with E-state index in [1.807, 2.05) is 0 Å². The lowest BCUT2D eigenvalue weighted by Gasteiger charge is -2.13. The van der Waals surface area contributed by atoms with Gasteiger partial charge in [-0.1, -0.05) is 58.8 Å². The quantitative estimate of drug-likeness (QED) is 0.502. The van der Waals surface area contributed by atoms with Gasteiger partial charge in [-0.15, -0.1) is 0 Å². The first-order valence-corrected chi connectivity index (χ1v) is 7.19. The average Bonchev–Trinajstić information content (AvgIpc) is 2.32. The van der Waals surface area contributed by atoms with Crippen molar-refractivity contribution in [1.29, 1.82) is 0 Å². The van der Waals surface area contributed by atoms with Crippen LogP contribution in [0.4, 0.5) is 0 Å². The lowest BCUT2D eigenvalue weighted by Crippen LogP contribution is -2.32. The van der Waals surface area contributed by atoms with E-state index in [4.69, 9.17) is 5.11 Å². The SMILES string of the molecule is CCCCCCCCCCN[C@@H](CC)CO. The van der Waals surface area contributed by atoms with Crippen molar-refractivity contribution in [2.45, 2.75) is 77.7 Å². The monoisotopic (exact) mass is 229 g/mol. The van der Waals surface area contributed by atoms with Gasteiger partial charge < -0.3 is 10.4 Å². The fourth-order valence-electron chi connectivity index (χ4n) is 1.90. The van der Waals surface area contributed by atoms with Gasteiger partial charge in [0.05, 0.1) is 6.61 Å². The molecule has 0 aromatic heterocycles. The lowest BCUT2D eigenvalue weighted by molar-refractivity contribution is 0.238. The van der Waals surface area contributed by atoms with Gasteiger partial charge in [-0.3, -0.25) is 0 Å². The zero-order valence-electron chi connectivity index (χ0n) is 11.3. The summed E-state index contributed by atoms with van der Waals surface area (Å²) in [7, 11) is 0. The van der Waals surface area contributed by atoms with Crippen LogP contribution in [0, 0.1) is 0 Å². The summed E-state index contributed by atoms with van der Waals surface area (Å²) >= 11 is 0. The van der Waals surface area contributed by atoms with Gasteiger partial charge in [-0.25, -0.2) is 0 Å². The molecule has 16 heavy (non-hydrogen) atoms. The van der Waals surface area contributed by atoms with Gasteiger partial charge in [0, 0.05) is 6.04 Å². The molecule has 2 nitrogen and oxygen atoms in total. The van der Waals surface area contributed by atoms with Gasteiger partial charge in [-0.2, -0.15) is 0 Å². The Labute approximate surface area is 102 Å². The highest BCUT2D eigenvalue weighted by atomic mass is 16.3. The predicted molar refractivity (Wildman–Crippen MR) is 71.8 cm³/mol. The molecule has 0 fully saturated rings. The summed E-state index contributed by atoms with van der Waals surface area (Å²) in [6.45, 7) is 5.71. The molecule has 0 aromatic carbocycles. The molecular weight excluding hydrogens is 198 g/mol. The van der Waals surface area contributed by atoms with Gasteiger partial charge in [0.1, 0.15) is 0 Å². The van der Waals surface area contributed by atoms with Crippen LogP contribution in [0.2, 0.25) is 0 Å². The van der Waals surface area contributed by atoms with Crippen molar-refractivity contribution in [3.05, 3.63) is 0 Å². The Morgan fingerprint density at radius 1 is 0.875 bits per heavy atom. The Bertz CT molecular complexity index is 124. The molecule has 0 rings (SSSR count). The first-order valence-electron chi connectivity index (χ1n) is 7.19. The Morgan fingerprint density at radius 2 is 1.44 bits per heavy atom. The van der Waals surface area contributed by atoms with Gasteiger partial charge in [0.15, 0.2) is 0 Å². The van der Waals surface area contributed by atoms with E-state index in [2.05, 4.69) is 19.2 Å². The Kier molecular flexibility index (Phi) is 12.9. The number of unbranched alkanes of at least 4 members (excludes halogenated alkanes) is 7. The summed E-state index contributed by atoms with van der Waals surface area (Å²) in [5.41, 5.74) is 0. The fourth-order valence-corrected chi connectivity index (χ4v) is 1.90. The molecule has 0 heterocycles. The molecule has 0 bridgehead atoms. The molecule has 0 aliphatic rings. The van der Waals surface area contributed by atoms with E-state index in [0.717, 1.165) is 13.0 Å². The van der Waals surface area contributed by atoms with Crippen molar-refractivity contribution in [2.24, 2.45) is 0 Å². The first-order chi connectivity index (χ1) is 7.85. The minimum absolute atomic E-state index is 0.271. The molecule has 0 radical (unpaired) electrons. The Hall–Kier alpha value is -0.0800. The van der Waals surface area contributed by atoms with Crippen molar-refractivity contribution in [1.82, 2.24) is 5.32 Å². The number of aliphatic hydroxyl groups excluding tert-OH is 1. The Balaban J connectivity index is 3.03. The van der Waals surface area contributed by atoms with E-state index in [-0.39, 0.29) is 6.61 Å². The number of hydrogen-bond acceptors (Lipinski definition) is 2. The normalized spacial score (nSPS) is 12.9. The fraction of sp³-hybridized carbons (Fsp3) is 1.00. The summed E-state index contributed by atoms with van der Waals surface area (Å²) in [4.78, 5) is 0. The van der Waals surface area contributed by atoms with Gasteiger partial charge >= 0.3 is 0 Å². The third-order valence-electron chi connectivity index (χ3n) is 3.18. The molecule has 98 valence electrons. The van der Waals surface area contributed by atoms with E-state index >= 15 is 0 Å². The van der Waals surface area contributed by atoms with Crippen LogP contribution in [-0.4, -0.2) is 24.3 Å². The van der Waals surface area contributed by atoms with Crippen LogP contribution < -0.4 is 5.32 Å². The molecule has 2 N–H and O–H groups in total. The van der Waals surface area contributed by atoms with Crippen molar-refractivity contribution in [3.63, 3.8) is 0 Å². The van der Waals surface area contributed by atoms with Crippen LogP contribution in [0.5, 0.6) is 0 Å². The molecule has 2 heteroatoms. The van der Waals surface area contributed by atoms with Gasteiger partial charge in [-0.05, 0) is 19.4 Å². The predicted octanol–water partition coefficient (Wildman–Crippen LogP) is 3.49. The largest absolute Gasteiger partial charge is 0.395 e. The van der Waals surface area contributed by atoms with Crippen molar-refractivity contribution < 1.29 is 5.11 Å². The molecule has 0 saturated carbocycles. The first kappa shape index (κ1) is 15.9. The average molecular weight is 229 g/mol. The second-order valence-corrected chi connectivity index (χ2v) is 4.72. The van der Waals surface area contributed by atoms with Crippen molar-refractivity contribution in [2.75, 3.05) is 13.2 Å². The summed E-state index contributed by atoms with van der Waals surface area (Å²) in [6.07, 6.45) is 11.9. The van der Waals surface area contributed by atoms with Crippen LogP contribution in [0.1, 0.15) is 71.6 Å². The van der Waals surface area contributed by atoms with E-state index in [1.165, 1.54) is 51.4 Å². The highest BCUT2D eigenvalue weighted by molar-refractivity contribution is 4.62. The van der Waals surface area contributed by atoms with E-state index in [0.29, 0.717) is 6.04 Å². The Morgan fingerprint density at radius 3 is 1.94 bits per heavy atom. The third-order valence-corrected chi connectivity index (χ3v) is 3.18. The molecule has 0 saturated heterocycles. The summed E-state index contributed by atoms with van der Waals surface area (Å²) in [6, 6.07) is 0.310. The number of aliphatic hydroxyl groups is 1. The second kappa shape index (κ2) is 13.0. The maximum Gasteiger partial charge on any atom is 0.0584 e. The number of nitrogens with one attached hydrogen (secondary N) is 1. The molecule has 0 aliphatic heterocycles. The van der Waals surface area contributed by atoms with Gasteiger partial charge in [0.25, 0.3) is 0 Å². The zero-order chi connectivity index (χ0) is 12.1. The zero-order valence-corrected chi connectivity index (χ0v) is 11.3. The minimum atomic E-state index is 0.271. The maximum absolute atomic E-state index is 8.99. The lowest BCUT2D eigenvalue weighted by atomic mass is 10.1. The van der Waals surface area contributed by atoms with Crippen LogP contribution in [0.3, 0.4) is 0 Å². The number of rotatable bonds is 12. The van der Waals surface area contributed by atoms with Crippen molar-refractivity contribution >= 4 is 0 Å². The molecule has 1 atom stereocenters. The van der Waals surface area contributed by atoms with Crippen LogP contribution >= 0.6 is 0 Å². The molecule has 0 spiro atoms. The second-order valence-electron chi connectivity index (χ2n) is 4.72. The molecule has 0 aliphatic carbocycles. The summed E-state index contributed by atoms with van der Waals surface area (Å²) in [5.74, 6) is 0. The smallest absolute Gasteiger partial charge is 0.0584 e. The molecule has 0 aromatic rings. The van der Waals surface area contributed by atoms with E-state index < -0.39 is 0 Å². The highest BCUT2D eigenvalue weighted by Gasteiger charge is 2.01. The third kappa shape index (κ3) is 10.4. The molecule has 0 amide bonds. The van der Waals surface area contributed by atoms with E-state index in [1.54, 1.807) is 0 Å². The summed E-state index contributed by atoms with van der Waals surface area (Å²) in [5, 5.41) is 12.4. The van der Waals surface area contributed by atoms with Gasteiger partial charge in [0.2, 0.25) is 0 Å². The summed E-state index contributed by atoms with van der Waals surface area (Å²) < 4.78 is 0. The van der Waals surface area contributed by atoms with Crippen LogP contribution in [-0.2, 0) is 0 Å². The topological polar surface area (TPSA) is 32.3 Å².